The summed E-state index contributed by atoms with van der Waals surface area (Å²) in [5, 5.41) is 12.7. The predicted molar refractivity (Wildman–Crippen MR) is 81.1 cm³/mol. The number of nitrogens with two attached hydrogens (primary N) is 1. The van der Waals surface area contributed by atoms with E-state index in [0.717, 1.165) is 11.1 Å². The van der Waals surface area contributed by atoms with E-state index < -0.39 is 0 Å². The Morgan fingerprint density at radius 3 is 2.50 bits per heavy atom. The lowest BCUT2D eigenvalue weighted by molar-refractivity contribution is 0.102. The molecule has 0 heterocycles. The number of aryl methyl sites for hydroxylation is 3. The summed E-state index contributed by atoms with van der Waals surface area (Å²) in [6.45, 7) is 5.51. The Kier molecular flexibility index (Phi) is 3.66. The van der Waals surface area contributed by atoms with Gasteiger partial charge in [0.15, 0.2) is 0 Å². The molecule has 0 aromatic heterocycles. The maximum absolute atomic E-state index is 12.2. The number of amides is 1. The fourth-order valence-electron chi connectivity index (χ4n) is 2.01. The van der Waals surface area contributed by atoms with Crippen molar-refractivity contribution in [1.29, 1.82) is 0 Å². The van der Waals surface area contributed by atoms with Crippen molar-refractivity contribution < 1.29 is 9.90 Å². The highest BCUT2D eigenvalue weighted by Gasteiger charge is 2.14. The second kappa shape index (κ2) is 5.25. The van der Waals surface area contributed by atoms with Crippen LogP contribution in [0.2, 0.25) is 0 Å². The molecule has 2 aromatic rings. The molecule has 0 fully saturated rings. The molecule has 0 spiro atoms. The van der Waals surface area contributed by atoms with Gasteiger partial charge in [0, 0.05) is 11.4 Å². The van der Waals surface area contributed by atoms with Crippen LogP contribution < -0.4 is 11.1 Å². The molecule has 0 bridgehead atoms. The van der Waals surface area contributed by atoms with Crippen LogP contribution in [0.5, 0.6) is 5.75 Å². The smallest absolute Gasteiger partial charge is 0.259 e. The van der Waals surface area contributed by atoms with E-state index >= 15 is 0 Å². The molecular formula is C16H18N2O2. The second-order valence-corrected chi connectivity index (χ2v) is 4.95. The van der Waals surface area contributed by atoms with E-state index in [1.807, 2.05) is 26.0 Å². The normalized spacial score (nSPS) is 10.3. The third kappa shape index (κ3) is 2.59. The molecule has 4 nitrogen and oxygen atoms in total. The van der Waals surface area contributed by atoms with Gasteiger partial charge in [0.05, 0.1) is 5.56 Å². The summed E-state index contributed by atoms with van der Waals surface area (Å²) in [4.78, 5) is 12.2. The number of hydrogen-bond acceptors (Lipinski definition) is 3. The maximum atomic E-state index is 12.2. The molecule has 104 valence electrons. The van der Waals surface area contributed by atoms with Crippen molar-refractivity contribution in [3.8, 4) is 5.75 Å². The standard InChI is InChI=1S/C16H18N2O2/c1-9-5-4-6-12(15(9)19)16(20)18-14-8-10(2)13(17)7-11(14)3/h4-8,19H,17H2,1-3H3,(H,18,20). The molecule has 1 amide bonds. The van der Waals surface area contributed by atoms with Gasteiger partial charge in [-0.3, -0.25) is 4.79 Å². The summed E-state index contributed by atoms with van der Waals surface area (Å²) in [7, 11) is 0. The molecule has 2 aromatic carbocycles. The number of phenolic OH excluding ortho intramolecular Hbond substituents is 1. The molecule has 0 aliphatic carbocycles. The van der Waals surface area contributed by atoms with E-state index in [4.69, 9.17) is 5.73 Å². The van der Waals surface area contributed by atoms with Gasteiger partial charge in [-0.2, -0.15) is 0 Å². The van der Waals surface area contributed by atoms with Gasteiger partial charge >= 0.3 is 0 Å². The van der Waals surface area contributed by atoms with Crippen LogP contribution in [0.3, 0.4) is 0 Å². The topological polar surface area (TPSA) is 75.3 Å². The molecule has 0 unspecified atom stereocenters. The van der Waals surface area contributed by atoms with E-state index in [9.17, 15) is 9.90 Å². The SMILES string of the molecule is Cc1cc(NC(=O)c2cccc(C)c2O)c(C)cc1N. The van der Waals surface area contributed by atoms with Crippen molar-refractivity contribution in [1.82, 2.24) is 0 Å². The van der Waals surface area contributed by atoms with Crippen LogP contribution in [0.1, 0.15) is 27.0 Å². The first kappa shape index (κ1) is 13.9. The minimum atomic E-state index is -0.335. The van der Waals surface area contributed by atoms with Crippen molar-refractivity contribution in [3.05, 3.63) is 52.6 Å². The minimum Gasteiger partial charge on any atom is -0.507 e. The first-order chi connectivity index (χ1) is 9.40. The predicted octanol–water partition coefficient (Wildman–Crippen LogP) is 3.15. The Morgan fingerprint density at radius 1 is 1.10 bits per heavy atom. The lowest BCUT2D eigenvalue weighted by Gasteiger charge is -2.12. The van der Waals surface area contributed by atoms with Gasteiger partial charge in [-0.15, -0.1) is 0 Å². The second-order valence-electron chi connectivity index (χ2n) is 4.95. The fraction of sp³-hybridized carbons (Fsp3) is 0.188. The molecular weight excluding hydrogens is 252 g/mol. The number of benzene rings is 2. The van der Waals surface area contributed by atoms with Gasteiger partial charge in [0.2, 0.25) is 0 Å². The fourth-order valence-corrected chi connectivity index (χ4v) is 2.01. The molecule has 0 atom stereocenters. The highest BCUT2D eigenvalue weighted by Crippen LogP contribution is 2.25. The quantitative estimate of drug-likeness (QED) is 0.734. The van der Waals surface area contributed by atoms with Gasteiger partial charge in [-0.05, 0) is 55.7 Å². The number of hydrogen-bond donors (Lipinski definition) is 3. The molecule has 0 saturated heterocycles. The number of nitrogen functional groups attached to an aromatic ring is 1. The molecule has 0 aliphatic rings. The highest BCUT2D eigenvalue weighted by atomic mass is 16.3. The van der Waals surface area contributed by atoms with E-state index in [0.29, 0.717) is 16.9 Å². The van der Waals surface area contributed by atoms with Crippen LogP contribution in [-0.4, -0.2) is 11.0 Å². The number of nitrogens with one attached hydrogen (secondary N) is 1. The highest BCUT2D eigenvalue weighted by molar-refractivity contribution is 6.06. The lowest BCUT2D eigenvalue weighted by Crippen LogP contribution is -2.13. The third-order valence-electron chi connectivity index (χ3n) is 3.34. The summed E-state index contributed by atoms with van der Waals surface area (Å²) in [5.74, 6) is -0.326. The van der Waals surface area contributed by atoms with Gasteiger partial charge in [-0.25, -0.2) is 0 Å². The van der Waals surface area contributed by atoms with E-state index in [1.54, 1.807) is 25.1 Å². The van der Waals surface area contributed by atoms with Crippen molar-refractivity contribution in [2.45, 2.75) is 20.8 Å². The number of rotatable bonds is 2. The van der Waals surface area contributed by atoms with Crippen molar-refractivity contribution >= 4 is 17.3 Å². The lowest BCUT2D eigenvalue weighted by atomic mass is 10.1. The van der Waals surface area contributed by atoms with Gasteiger partial charge in [0.25, 0.3) is 5.91 Å². The maximum Gasteiger partial charge on any atom is 0.259 e. The minimum absolute atomic E-state index is 0.00909. The van der Waals surface area contributed by atoms with Gasteiger partial charge < -0.3 is 16.2 Å². The first-order valence-electron chi connectivity index (χ1n) is 6.37. The third-order valence-corrected chi connectivity index (χ3v) is 3.34. The summed E-state index contributed by atoms with van der Waals surface area (Å²) in [6.07, 6.45) is 0. The number of anilines is 2. The monoisotopic (exact) mass is 270 g/mol. The number of carbonyl (C=O) groups excluding carboxylic acids is 1. The zero-order valence-corrected chi connectivity index (χ0v) is 11.8. The van der Waals surface area contributed by atoms with Gasteiger partial charge in [-0.1, -0.05) is 12.1 Å². The Hall–Kier alpha value is -2.49. The summed E-state index contributed by atoms with van der Waals surface area (Å²) < 4.78 is 0. The van der Waals surface area contributed by atoms with Crippen LogP contribution in [0.25, 0.3) is 0 Å². The number of carbonyl (C=O) groups is 1. The summed E-state index contributed by atoms with van der Waals surface area (Å²) >= 11 is 0. The Labute approximate surface area is 118 Å². The molecule has 0 aliphatic heterocycles. The Bertz CT molecular complexity index is 678. The average molecular weight is 270 g/mol. The van der Waals surface area contributed by atoms with E-state index in [2.05, 4.69) is 5.32 Å². The number of aromatic hydroxyl groups is 1. The van der Waals surface area contributed by atoms with Crippen LogP contribution in [0, 0.1) is 20.8 Å². The Morgan fingerprint density at radius 2 is 1.80 bits per heavy atom. The van der Waals surface area contributed by atoms with Crippen molar-refractivity contribution in [2.75, 3.05) is 11.1 Å². The van der Waals surface area contributed by atoms with Crippen molar-refractivity contribution in [2.24, 2.45) is 0 Å². The van der Waals surface area contributed by atoms with Gasteiger partial charge in [0.1, 0.15) is 5.75 Å². The Balaban J connectivity index is 2.33. The average Bonchev–Trinajstić information content (AvgIpc) is 2.39. The largest absolute Gasteiger partial charge is 0.507 e. The van der Waals surface area contributed by atoms with Crippen LogP contribution in [-0.2, 0) is 0 Å². The zero-order chi connectivity index (χ0) is 14.9. The molecule has 0 radical (unpaired) electrons. The number of para-hydroxylation sites is 1. The van der Waals surface area contributed by atoms with Crippen LogP contribution in [0.15, 0.2) is 30.3 Å². The molecule has 2 rings (SSSR count). The van der Waals surface area contributed by atoms with Crippen LogP contribution >= 0.6 is 0 Å². The molecule has 4 N–H and O–H groups in total. The molecule has 0 saturated carbocycles. The summed E-state index contributed by atoms with van der Waals surface area (Å²) in [6, 6.07) is 8.74. The zero-order valence-electron chi connectivity index (χ0n) is 11.8. The summed E-state index contributed by atoms with van der Waals surface area (Å²) in [5.41, 5.74) is 9.93. The number of phenols is 1. The van der Waals surface area contributed by atoms with Crippen LogP contribution in [0.4, 0.5) is 11.4 Å². The molecule has 4 heteroatoms. The van der Waals surface area contributed by atoms with Crippen molar-refractivity contribution in [3.63, 3.8) is 0 Å². The molecule has 20 heavy (non-hydrogen) atoms. The van der Waals surface area contributed by atoms with E-state index in [1.165, 1.54) is 0 Å². The first-order valence-corrected chi connectivity index (χ1v) is 6.37. The van der Waals surface area contributed by atoms with E-state index in [-0.39, 0.29) is 17.2 Å².